The molecule has 1 aliphatic heterocycles. The SMILES string of the molecule is COC[C@H]1CCCN1c1cccc(C(N)=O)n1. The van der Waals surface area contributed by atoms with Crippen molar-refractivity contribution in [1.82, 2.24) is 4.98 Å². The number of ether oxygens (including phenoxy) is 1. The maximum atomic E-state index is 11.1. The zero-order valence-corrected chi connectivity index (χ0v) is 9.93. The second-order valence-corrected chi connectivity index (χ2v) is 4.19. The maximum Gasteiger partial charge on any atom is 0.267 e. The molecule has 0 aromatic carbocycles. The lowest BCUT2D eigenvalue weighted by Crippen LogP contribution is -2.33. The predicted molar refractivity (Wildman–Crippen MR) is 65.0 cm³/mol. The summed E-state index contributed by atoms with van der Waals surface area (Å²) in [6.45, 7) is 1.63. The third kappa shape index (κ3) is 2.55. The molecule has 1 fully saturated rings. The van der Waals surface area contributed by atoms with E-state index in [4.69, 9.17) is 10.5 Å². The van der Waals surface area contributed by atoms with E-state index in [0.29, 0.717) is 18.3 Å². The van der Waals surface area contributed by atoms with Crippen LogP contribution in [0.4, 0.5) is 5.82 Å². The first-order valence-corrected chi connectivity index (χ1v) is 5.75. The molecule has 5 nitrogen and oxygen atoms in total. The van der Waals surface area contributed by atoms with Crippen molar-refractivity contribution in [2.24, 2.45) is 5.73 Å². The molecule has 2 rings (SSSR count). The van der Waals surface area contributed by atoms with E-state index in [1.807, 2.05) is 12.1 Å². The quantitative estimate of drug-likeness (QED) is 0.838. The Bertz CT molecular complexity index is 408. The number of amides is 1. The highest BCUT2D eigenvalue weighted by atomic mass is 16.5. The fourth-order valence-corrected chi connectivity index (χ4v) is 2.22. The van der Waals surface area contributed by atoms with Gasteiger partial charge < -0.3 is 15.4 Å². The number of carbonyl (C=O) groups is 1. The Morgan fingerprint density at radius 2 is 2.47 bits per heavy atom. The van der Waals surface area contributed by atoms with Gasteiger partial charge in [-0.05, 0) is 25.0 Å². The summed E-state index contributed by atoms with van der Waals surface area (Å²) in [6, 6.07) is 5.69. The highest BCUT2D eigenvalue weighted by Crippen LogP contribution is 2.24. The second kappa shape index (κ2) is 5.14. The number of nitrogens with zero attached hydrogens (tertiary/aromatic N) is 2. The fourth-order valence-electron chi connectivity index (χ4n) is 2.22. The minimum atomic E-state index is -0.491. The molecule has 17 heavy (non-hydrogen) atoms. The molecular formula is C12H17N3O2. The van der Waals surface area contributed by atoms with Gasteiger partial charge in [0.05, 0.1) is 12.6 Å². The minimum absolute atomic E-state index is 0.311. The van der Waals surface area contributed by atoms with E-state index in [1.165, 1.54) is 0 Å². The van der Waals surface area contributed by atoms with Gasteiger partial charge in [-0.3, -0.25) is 4.79 Å². The molecule has 1 atom stereocenters. The van der Waals surface area contributed by atoms with Crippen molar-refractivity contribution in [2.45, 2.75) is 18.9 Å². The number of hydrogen-bond acceptors (Lipinski definition) is 4. The summed E-state index contributed by atoms with van der Waals surface area (Å²) in [7, 11) is 1.70. The second-order valence-electron chi connectivity index (χ2n) is 4.19. The number of pyridine rings is 1. The van der Waals surface area contributed by atoms with Crippen molar-refractivity contribution in [2.75, 3.05) is 25.2 Å². The third-order valence-corrected chi connectivity index (χ3v) is 3.02. The van der Waals surface area contributed by atoms with Crippen LogP contribution in [0.1, 0.15) is 23.3 Å². The maximum absolute atomic E-state index is 11.1. The lowest BCUT2D eigenvalue weighted by Gasteiger charge is -2.25. The molecule has 5 heteroatoms. The lowest BCUT2D eigenvalue weighted by atomic mass is 10.2. The molecule has 1 saturated heterocycles. The van der Waals surface area contributed by atoms with Crippen LogP contribution in [0.5, 0.6) is 0 Å². The summed E-state index contributed by atoms with van der Waals surface area (Å²) < 4.78 is 5.19. The van der Waals surface area contributed by atoms with Gasteiger partial charge in [0.2, 0.25) is 0 Å². The van der Waals surface area contributed by atoms with Gasteiger partial charge in [-0.2, -0.15) is 0 Å². The summed E-state index contributed by atoms with van der Waals surface area (Å²) in [6.07, 6.45) is 2.22. The number of hydrogen-bond donors (Lipinski definition) is 1. The van der Waals surface area contributed by atoms with Gasteiger partial charge in [-0.1, -0.05) is 6.07 Å². The summed E-state index contributed by atoms with van der Waals surface area (Å²) in [4.78, 5) is 17.6. The Balaban J connectivity index is 2.21. The van der Waals surface area contributed by atoms with Gasteiger partial charge in [-0.15, -0.1) is 0 Å². The Morgan fingerprint density at radius 3 is 3.18 bits per heavy atom. The van der Waals surface area contributed by atoms with Gasteiger partial charge in [-0.25, -0.2) is 4.98 Å². The van der Waals surface area contributed by atoms with Gasteiger partial charge in [0.25, 0.3) is 5.91 Å². The number of nitrogens with two attached hydrogens (primary N) is 1. The fraction of sp³-hybridized carbons (Fsp3) is 0.500. The Morgan fingerprint density at radius 1 is 1.65 bits per heavy atom. The van der Waals surface area contributed by atoms with E-state index >= 15 is 0 Å². The standard InChI is InChI=1S/C12H17N3O2/c1-17-8-9-4-3-7-15(9)11-6-2-5-10(14-11)12(13)16/h2,5-6,9H,3-4,7-8H2,1H3,(H2,13,16)/t9-/m1/s1. The van der Waals surface area contributed by atoms with Crippen LogP contribution in [-0.2, 0) is 4.74 Å². The normalized spacial score (nSPS) is 19.6. The number of carbonyl (C=O) groups excluding carboxylic acids is 1. The first kappa shape index (κ1) is 11.9. The predicted octanol–water partition coefficient (Wildman–Crippen LogP) is 0.796. The highest BCUT2D eigenvalue weighted by Gasteiger charge is 2.25. The molecule has 0 spiro atoms. The van der Waals surface area contributed by atoms with Crippen molar-refractivity contribution in [1.29, 1.82) is 0 Å². The van der Waals surface area contributed by atoms with E-state index in [9.17, 15) is 4.79 Å². The van der Waals surface area contributed by atoms with E-state index in [-0.39, 0.29) is 0 Å². The van der Waals surface area contributed by atoms with Crippen LogP contribution in [0.3, 0.4) is 0 Å². The third-order valence-electron chi connectivity index (χ3n) is 3.02. The molecule has 2 heterocycles. The molecule has 0 saturated carbocycles. The molecule has 0 aliphatic carbocycles. The van der Waals surface area contributed by atoms with Crippen LogP contribution < -0.4 is 10.6 Å². The first-order chi connectivity index (χ1) is 8.22. The average Bonchev–Trinajstić information content (AvgIpc) is 2.78. The van der Waals surface area contributed by atoms with E-state index in [1.54, 1.807) is 13.2 Å². The number of primary amides is 1. The Hall–Kier alpha value is -1.62. The highest BCUT2D eigenvalue weighted by molar-refractivity contribution is 5.91. The van der Waals surface area contributed by atoms with E-state index in [0.717, 1.165) is 25.2 Å². The van der Waals surface area contributed by atoms with Crippen LogP contribution in [0.25, 0.3) is 0 Å². The lowest BCUT2D eigenvalue weighted by molar-refractivity contribution is 0.0995. The summed E-state index contributed by atoms with van der Waals surface area (Å²) >= 11 is 0. The summed E-state index contributed by atoms with van der Waals surface area (Å²) in [5.74, 6) is 0.315. The Kier molecular flexibility index (Phi) is 3.58. The first-order valence-electron chi connectivity index (χ1n) is 5.75. The van der Waals surface area contributed by atoms with Gasteiger partial charge in [0.1, 0.15) is 11.5 Å². The summed E-state index contributed by atoms with van der Waals surface area (Å²) in [5, 5.41) is 0. The summed E-state index contributed by atoms with van der Waals surface area (Å²) in [5.41, 5.74) is 5.54. The molecule has 0 unspecified atom stereocenters. The van der Waals surface area contributed by atoms with Crippen molar-refractivity contribution >= 4 is 11.7 Å². The van der Waals surface area contributed by atoms with Gasteiger partial charge in [0.15, 0.2) is 0 Å². The zero-order chi connectivity index (χ0) is 12.3. The van der Waals surface area contributed by atoms with Gasteiger partial charge >= 0.3 is 0 Å². The largest absolute Gasteiger partial charge is 0.383 e. The molecule has 1 amide bonds. The van der Waals surface area contributed by atoms with Crippen LogP contribution in [0, 0.1) is 0 Å². The molecule has 1 aromatic rings. The van der Waals surface area contributed by atoms with E-state index in [2.05, 4.69) is 9.88 Å². The van der Waals surface area contributed by atoms with Crippen LogP contribution >= 0.6 is 0 Å². The molecule has 2 N–H and O–H groups in total. The van der Waals surface area contributed by atoms with Crippen molar-refractivity contribution < 1.29 is 9.53 Å². The molecule has 1 aromatic heterocycles. The number of rotatable bonds is 4. The van der Waals surface area contributed by atoms with Crippen LogP contribution in [0.15, 0.2) is 18.2 Å². The van der Waals surface area contributed by atoms with Crippen molar-refractivity contribution in [3.63, 3.8) is 0 Å². The number of aromatic nitrogens is 1. The van der Waals surface area contributed by atoms with Crippen LogP contribution in [0.2, 0.25) is 0 Å². The minimum Gasteiger partial charge on any atom is -0.383 e. The molecule has 1 aliphatic rings. The topological polar surface area (TPSA) is 68.5 Å². The molecular weight excluding hydrogens is 218 g/mol. The molecule has 92 valence electrons. The van der Waals surface area contributed by atoms with Crippen molar-refractivity contribution in [3.05, 3.63) is 23.9 Å². The van der Waals surface area contributed by atoms with E-state index < -0.39 is 5.91 Å². The monoisotopic (exact) mass is 235 g/mol. The molecule has 0 radical (unpaired) electrons. The van der Waals surface area contributed by atoms with Gasteiger partial charge in [0, 0.05) is 13.7 Å². The van der Waals surface area contributed by atoms with Crippen molar-refractivity contribution in [3.8, 4) is 0 Å². The number of methoxy groups -OCH3 is 1. The zero-order valence-electron chi connectivity index (χ0n) is 9.93. The van der Waals surface area contributed by atoms with Crippen LogP contribution in [-0.4, -0.2) is 37.2 Å². The average molecular weight is 235 g/mol. The smallest absolute Gasteiger partial charge is 0.267 e. The number of anilines is 1. The Labute approximate surface area is 101 Å². The molecule has 0 bridgehead atoms.